The van der Waals surface area contributed by atoms with E-state index >= 15 is 0 Å². The van der Waals surface area contributed by atoms with Gasteiger partial charge >= 0.3 is 6.18 Å². The minimum Gasteiger partial charge on any atom is -0.370 e. The first-order chi connectivity index (χ1) is 15.6. The third-order valence-electron chi connectivity index (χ3n) is 6.56. The second kappa shape index (κ2) is 9.30. The number of anilines is 2. The molecular weight excluding hydrogens is 441 g/mol. The van der Waals surface area contributed by atoms with E-state index in [4.69, 9.17) is 10.5 Å². The summed E-state index contributed by atoms with van der Waals surface area (Å²) in [5.74, 6) is -1.65. The number of nitrogens with two attached hydrogens (primary N) is 1. The molecule has 0 radical (unpaired) electrons. The normalized spacial score (nSPS) is 21.3. The molecule has 3 fully saturated rings. The monoisotopic (exact) mass is 468 g/mol. The molecule has 2 saturated carbocycles. The van der Waals surface area contributed by atoms with Gasteiger partial charge in [0, 0.05) is 18.3 Å². The zero-order chi connectivity index (χ0) is 23.8. The van der Waals surface area contributed by atoms with Crippen LogP contribution in [0.5, 0.6) is 0 Å². The first kappa shape index (κ1) is 23.5. The fourth-order valence-corrected chi connectivity index (χ4v) is 4.43. The molecule has 8 nitrogen and oxygen atoms in total. The van der Waals surface area contributed by atoms with E-state index in [9.17, 15) is 27.6 Å². The molecule has 1 unspecified atom stereocenters. The average molecular weight is 468 g/mol. The van der Waals surface area contributed by atoms with Gasteiger partial charge < -0.3 is 20.7 Å². The summed E-state index contributed by atoms with van der Waals surface area (Å²) in [6.07, 6.45) is 0.229. The van der Waals surface area contributed by atoms with Gasteiger partial charge in [-0.25, -0.2) is 0 Å². The number of alkyl halides is 3. The van der Waals surface area contributed by atoms with E-state index < -0.39 is 41.2 Å². The van der Waals surface area contributed by atoms with Crippen LogP contribution in [0.2, 0.25) is 0 Å². The van der Waals surface area contributed by atoms with E-state index in [1.807, 2.05) is 0 Å². The highest BCUT2D eigenvalue weighted by Crippen LogP contribution is 2.42. The zero-order valence-electron chi connectivity index (χ0n) is 18.0. The van der Waals surface area contributed by atoms with Gasteiger partial charge in [0.1, 0.15) is 6.61 Å². The number of benzene rings is 1. The number of rotatable bonds is 8. The topological polar surface area (TPSA) is 114 Å². The van der Waals surface area contributed by atoms with Gasteiger partial charge in [-0.15, -0.1) is 0 Å². The van der Waals surface area contributed by atoms with Gasteiger partial charge in [-0.2, -0.15) is 13.2 Å². The van der Waals surface area contributed by atoms with E-state index in [1.165, 1.54) is 11.0 Å². The molecule has 1 aromatic rings. The summed E-state index contributed by atoms with van der Waals surface area (Å²) in [6.45, 7) is 0.120. The number of amides is 3. The van der Waals surface area contributed by atoms with Gasteiger partial charge in [-0.1, -0.05) is 6.42 Å². The molecule has 0 bridgehead atoms. The fourth-order valence-electron chi connectivity index (χ4n) is 4.43. The third kappa shape index (κ3) is 5.30. The standard InChI is InChI=1S/C22H27F3N4O4/c23-22(24,25)15-10-14(29-8-9-33-11-17(29)30)6-7-16(15)27-21(32)19(20(26)31)28-18(13-4-5-13)12-2-1-3-12/h6-7,10,12-13,18-19,28H,1-5,8-9,11H2,(H2,26,31)(H,27,32)/t18?,19-/m0/s1. The van der Waals surface area contributed by atoms with Crippen LogP contribution in [0.3, 0.4) is 0 Å². The zero-order valence-corrected chi connectivity index (χ0v) is 18.0. The number of primary amides is 1. The number of hydrogen-bond donors (Lipinski definition) is 3. The number of morpholine rings is 1. The van der Waals surface area contributed by atoms with E-state index in [-0.39, 0.29) is 31.5 Å². The van der Waals surface area contributed by atoms with Gasteiger partial charge in [0.25, 0.3) is 11.8 Å². The molecular formula is C22H27F3N4O4. The largest absolute Gasteiger partial charge is 0.418 e. The lowest BCUT2D eigenvalue weighted by molar-refractivity contribution is -0.137. The molecule has 2 aliphatic carbocycles. The second-order valence-electron chi connectivity index (χ2n) is 8.87. The maximum absolute atomic E-state index is 13.8. The van der Waals surface area contributed by atoms with Crippen molar-refractivity contribution >= 4 is 29.1 Å². The fraction of sp³-hybridized carbons (Fsp3) is 0.591. The molecule has 4 N–H and O–H groups in total. The molecule has 1 heterocycles. The van der Waals surface area contributed by atoms with Crippen molar-refractivity contribution in [3.63, 3.8) is 0 Å². The summed E-state index contributed by atoms with van der Waals surface area (Å²) in [4.78, 5) is 38.1. The summed E-state index contributed by atoms with van der Waals surface area (Å²) < 4.78 is 46.4. The third-order valence-corrected chi connectivity index (χ3v) is 6.56. The molecule has 2 atom stereocenters. The van der Waals surface area contributed by atoms with Crippen molar-refractivity contribution in [2.45, 2.75) is 50.4 Å². The SMILES string of the molecule is NC(=O)[C@H](NC(C1CCC1)C1CC1)C(=O)Nc1ccc(N2CCOCC2=O)cc1C(F)(F)F. The summed E-state index contributed by atoms with van der Waals surface area (Å²) in [5, 5.41) is 5.26. The number of carbonyl (C=O) groups excluding carboxylic acids is 3. The van der Waals surface area contributed by atoms with Gasteiger partial charge in [0.15, 0.2) is 6.04 Å². The van der Waals surface area contributed by atoms with Crippen molar-refractivity contribution in [2.75, 3.05) is 30.0 Å². The molecule has 1 aromatic carbocycles. The Hall–Kier alpha value is -2.66. The Labute approximate surface area is 189 Å². The van der Waals surface area contributed by atoms with Crippen LogP contribution in [0.15, 0.2) is 18.2 Å². The molecule has 180 valence electrons. The molecule has 0 aromatic heterocycles. The molecule has 1 saturated heterocycles. The summed E-state index contributed by atoms with van der Waals surface area (Å²) in [5.41, 5.74) is 3.87. The van der Waals surface area contributed by atoms with Crippen LogP contribution in [0.1, 0.15) is 37.7 Å². The molecule has 3 amide bonds. The van der Waals surface area contributed by atoms with Gasteiger partial charge in [0.05, 0.1) is 17.9 Å². The van der Waals surface area contributed by atoms with Crippen molar-refractivity contribution in [2.24, 2.45) is 17.6 Å². The van der Waals surface area contributed by atoms with Gasteiger partial charge in [-0.05, 0) is 55.7 Å². The lowest BCUT2D eigenvalue weighted by Gasteiger charge is -2.36. The van der Waals surface area contributed by atoms with E-state index in [0.717, 1.165) is 44.2 Å². The summed E-state index contributed by atoms with van der Waals surface area (Å²) >= 11 is 0. The van der Waals surface area contributed by atoms with Crippen molar-refractivity contribution in [1.29, 1.82) is 0 Å². The van der Waals surface area contributed by atoms with E-state index in [2.05, 4.69) is 10.6 Å². The van der Waals surface area contributed by atoms with Crippen LogP contribution < -0.4 is 21.3 Å². The minimum absolute atomic E-state index is 0.0528. The van der Waals surface area contributed by atoms with Crippen LogP contribution >= 0.6 is 0 Å². The highest BCUT2D eigenvalue weighted by atomic mass is 19.4. The van der Waals surface area contributed by atoms with Crippen LogP contribution in [0.25, 0.3) is 0 Å². The highest BCUT2D eigenvalue weighted by molar-refractivity contribution is 6.10. The molecule has 11 heteroatoms. The Bertz CT molecular complexity index is 931. The van der Waals surface area contributed by atoms with Crippen molar-refractivity contribution in [1.82, 2.24) is 5.32 Å². The first-order valence-corrected chi connectivity index (χ1v) is 11.1. The highest BCUT2D eigenvalue weighted by Gasteiger charge is 2.42. The summed E-state index contributed by atoms with van der Waals surface area (Å²) in [7, 11) is 0. The van der Waals surface area contributed by atoms with Crippen LogP contribution in [0, 0.1) is 11.8 Å². The summed E-state index contributed by atoms with van der Waals surface area (Å²) in [6, 6.07) is 1.72. The van der Waals surface area contributed by atoms with E-state index in [0.29, 0.717) is 11.8 Å². The van der Waals surface area contributed by atoms with Crippen molar-refractivity contribution in [3.8, 4) is 0 Å². The minimum atomic E-state index is -4.80. The maximum Gasteiger partial charge on any atom is 0.418 e. The first-order valence-electron chi connectivity index (χ1n) is 11.1. The second-order valence-corrected chi connectivity index (χ2v) is 8.87. The smallest absolute Gasteiger partial charge is 0.370 e. The average Bonchev–Trinajstić information content (AvgIpc) is 3.54. The number of hydrogen-bond acceptors (Lipinski definition) is 5. The Morgan fingerprint density at radius 1 is 1.15 bits per heavy atom. The molecule has 0 spiro atoms. The Morgan fingerprint density at radius 2 is 1.85 bits per heavy atom. The number of carbonyl (C=O) groups is 3. The quantitative estimate of drug-likeness (QED) is 0.506. The van der Waals surface area contributed by atoms with Gasteiger partial charge in [-0.3, -0.25) is 19.7 Å². The van der Waals surface area contributed by atoms with Crippen molar-refractivity contribution < 1.29 is 32.3 Å². The Kier molecular flexibility index (Phi) is 6.62. The number of nitrogens with one attached hydrogen (secondary N) is 2. The van der Waals surface area contributed by atoms with Crippen LogP contribution in [-0.4, -0.2) is 49.6 Å². The molecule has 4 rings (SSSR count). The molecule has 1 aliphatic heterocycles. The van der Waals surface area contributed by atoms with Crippen molar-refractivity contribution in [3.05, 3.63) is 23.8 Å². The Balaban J connectivity index is 1.54. The van der Waals surface area contributed by atoms with E-state index in [1.54, 1.807) is 0 Å². The molecule has 33 heavy (non-hydrogen) atoms. The maximum atomic E-state index is 13.8. The predicted octanol–water partition coefficient (Wildman–Crippen LogP) is 2.03. The van der Waals surface area contributed by atoms with Gasteiger partial charge in [0.2, 0.25) is 5.91 Å². The van der Waals surface area contributed by atoms with Crippen LogP contribution in [0.4, 0.5) is 24.5 Å². The number of ether oxygens (including phenoxy) is 1. The molecule has 3 aliphatic rings. The predicted molar refractivity (Wildman–Crippen MR) is 113 cm³/mol. The van der Waals surface area contributed by atoms with Crippen LogP contribution in [-0.2, 0) is 25.3 Å². The number of nitrogens with zero attached hydrogens (tertiary/aromatic N) is 1. The lowest BCUT2D eigenvalue weighted by Crippen LogP contribution is -2.56. The number of halogens is 3. The Morgan fingerprint density at radius 3 is 2.39 bits per heavy atom. The lowest BCUT2D eigenvalue weighted by atomic mass is 9.77.